The van der Waals surface area contributed by atoms with Crippen LogP contribution in [0, 0.1) is 17.8 Å². The van der Waals surface area contributed by atoms with E-state index in [-0.39, 0.29) is 11.0 Å². The van der Waals surface area contributed by atoms with Crippen molar-refractivity contribution in [2.75, 3.05) is 7.11 Å². The van der Waals surface area contributed by atoms with Crippen LogP contribution in [0.25, 0.3) is 0 Å². The zero-order valence-electron chi connectivity index (χ0n) is 12.3. The maximum absolute atomic E-state index is 12.2. The number of nitrogens with zero attached hydrogens (tertiary/aromatic N) is 1. The van der Waals surface area contributed by atoms with Gasteiger partial charge in [0.05, 0.1) is 12.3 Å². The molecule has 0 saturated heterocycles. The molecule has 0 radical (unpaired) electrons. The van der Waals surface area contributed by atoms with Gasteiger partial charge in [0.25, 0.3) is 5.56 Å². The van der Waals surface area contributed by atoms with Crippen molar-refractivity contribution in [3.63, 3.8) is 0 Å². The molecule has 0 unspecified atom stereocenters. The van der Waals surface area contributed by atoms with E-state index >= 15 is 0 Å². The molecule has 1 N–H and O–H groups in total. The Kier molecular flexibility index (Phi) is 3.26. The van der Waals surface area contributed by atoms with E-state index in [4.69, 9.17) is 9.72 Å². The lowest BCUT2D eigenvalue weighted by Gasteiger charge is -2.56. The molecule has 0 spiro atoms. The smallest absolute Gasteiger partial charge is 0.265 e. The molecule has 4 nitrogen and oxygen atoms in total. The largest absolute Gasteiger partial charge is 0.378 e. The number of rotatable bonds is 3. The third kappa shape index (κ3) is 2.20. The second-order valence-corrected chi connectivity index (χ2v) is 8.10. The topological polar surface area (TPSA) is 55.0 Å². The Labute approximate surface area is 132 Å². The Bertz CT molecular complexity index is 590. The molecular weight excluding hydrogens is 332 g/mol. The fraction of sp³-hybridized carbons (Fsp3) is 0.750. The summed E-state index contributed by atoms with van der Waals surface area (Å²) in [6, 6.07) is 0. The highest BCUT2D eigenvalue weighted by atomic mass is 79.9. The Hall–Kier alpha value is -0.680. The molecule has 0 aliphatic heterocycles. The van der Waals surface area contributed by atoms with Gasteiger partial charge in [-0.15, -0.1) is 0 Å². The summed E-state index contributed by atoms with van der Waals surface area (Å²) in [5.41, 5.74) is 0.784. The van der Waals surface area contributed by atoms with Crippen LogP contribution in [0.5, 0.6) is 0 Å². The molecule has 4 fully saturated rings. The van der Waals surface area contributed by atoms with Crippen LogP contribution >= 0.6 is 15.9 Å². The summed E-state index contributed by atoms with van der Waals surface area (Å²) in [6.07, 6.45) is 7.79. The zero-order chi connectivity index (χ0) is 14.6. The summed E-state index contributed by atoms with van der Waals surface area (Å²) in [6.45, 7) is 0.379. The van der Waals surface area contributed by atoms with Gasteiger partial charge in [-0.05, 0) is 72.2 Å². The molecule has 4 saturated carbocycles. The number of halogens is 1. The van der Waals surface area contributed by atoms with Crippen molar-refractivity contribution < 1.29 is 4.74 Å². The summed E-state index contributed by atoms with van der Waals surface area (Å²) < 4.78 is 5.70. The second kappa shape index (κ2) is 4.92. The van der Waals surface area contributed by atoms with Gasteiger partial charge >= 0.3 is 0 Å². The van der Waals surface area contributed by atoms with E-state index in [1.807, 2.05) is 0 Å². The number of aromatic nitrogens is 2. The van der Waals surface area contributed by atoms with Crippen LogP contribution in [0.1, 0.15) is 50.0 Å². The molecule has 4 bridgehead atoms. The molecule has 0 amide bonds. The van der Waals surface area contributed by atoms with Crippen LogP contribution in [-0.2, 0) is 16.8 Å². The summed E-state index contributed by atoms with van der Waals surface area (Å²) in [5, 5.41) is 0. The van der Waals surface area contributed by atoms with Gasteiger partial charge < -0.3 is 9.72 Å². The monoisotopic (exact) mass is 352 g/mol. The molecule has 0 atom stereocenters. The average molecular weight is 353 g/mol. The summed E-state index contributed by atoms with van der Waals surface area (Å²) in [5.74, 6) is 3.45. The highest BCUT2D eigenvalue weighted by molar-refractivity contribution is 9.10. The molecule has 0 aromatic carbocycles. The molecule has 114 valence electrons. The third-order valence-electron chi connectivity index (χ3n) is 5.75. The van der Waals surface area contributed by atoms with Crippen LogP contribution in [0.15, 0.2) is 9.27 Å². The summed E-state index contributed by atoms with van der Waals surface area (Å²) in [4.78, 5) is 20.1. The predicted octanol–water partition coefficient (Wildman–Crippen LogP) is 3.15. The van der Waals surface area contributed by atoms with Crippen LogP contribution in [0.2, 0.25) is 0 Å². The molecule has 4 aliphatic rings. The van der Waals surface area contributed by atoms with Gasteiger partial charge in [-0.1, -0.05) is 0 Å². The Morgan fingerprint density at radius 2 is 1.81 bits per heavy atom. The highest BCUT2D eigenvalue weighted by Gasteiger charge is 2.53. The van der Waals surface area contributed by atoms with Gasteiger partial charge in [-0.2, -0.15) is 0 Å². The van der Waals surface area contributed by atoms with Gasteiger partial charge in [0.1, 0.15) is 10.3 Å². The first kappa shape index (κ1) is 13.9. The van der Waals surface area contributed by atoms with Crippen molar-refractivity contribution in [1.29, 1.82) is 0 Å². The lowest BCUT2D eigenvalue weighted by atomic mass is 9.49. The van der Waals surface area contributed by atoms with Crippen LogP contribution < -0.4 is 5.56 Å². The van der Waals surface area contributed by atoms with Gasteiger partial charge in [-0.25, -0.2) is 4.98 Å². The summed E-state index contributed by atoms with van der Waals surface area (Å²) >= 11 is 3.34. The van der Waals surface area contributed by atoms with Crippen LogP contribution in [-0.4, -0.2) is 17.1 Å². The minimum Gasteiger partial charge on any atom is -0.378 e. The average Bonchev–Trinajstić information content (AvgIpc) is 2.42. The minimum absolute atomic E-state index is 0.0669. The number of H-pyrrole nitrogens is 1. The predicted molar refractivity (Wildman–Crippen MR) is 83.1 cm³/mol. The normalized spacial score (nSPS) is 37.1. The Morgan fingerprint density at radius 1 is 1.24 bits per heavy atom. The van der Waals surface area contributed by atoms with E-state index < -0.39 is 0 Å². The number of aromatic amines is 1. The fourth-order valence-electron chi connectivity index (χ4n) is 5.39. The second-order valence-electron chi connectivity index (χ2n) is 7.31. The Morgan fingerprint density at radius 3 is 2.33 bits per heavy atom. The molecule has 1 aromatic heterocycles. The highest BCUT2D eigenvalue weighted by Crippen LogP contribution is 2.60. The lowest BCUT2D eigenvalue weighted by Crippen LogP contribution is -2.50. The first-order valence-corrected chi connectivity index (χ1v) is 8.67. The van der Waals surface area contributed by atoms with E-state index in [2.05, 4.69) is 20.9 Å². The third-order valence-corrected chi connectivity index (χ3v) is 6.57. The van der Waals surface area contributed by atoms with Crippen LogP contribution in [0.4, 0.5) is 0 Å². The van der Waals surface area contributed by atoms with Crippen molar-refractivity contribution in [1.82, 2.24) is 9.97 Å². The fourth-order valence-corrected chi connectivity index (χ4v) is 5.69. The number of nitrogens with one attached hydrogen (secondary N) is 1. The van der Waals surface area contributed by atoms with Gasteiger partial charge in [0, 0.05) is 12.5 Å². The van der Waals surface area contributed by atoms with Crippen molar-refractivity contribution in [2.45, 2.75) is 50.5 Å². The molecule has 1 heterocycles. The van der Waals surface area contributed by atoms with Crippen molar-refractivity contribution in [3.8, 4) is 0 Å². The van der Waals surface area contributed by atoms with Crippen molar-refractivity contribution in [2.24, 2.45) is 17.8 Å². The number of hydrogen-bond donors (Lipinski definition) is 1. The first-order valence-electron chi connectivity index (χ1n) is 7.88. The van der Waals surface area contributed by atoms with Gasteiger partial charge in [0.15, 0.2) is 0 Å². The molecule has 5 heteroatoms. The number of methoxy groups -OCH3 is 1. The SMILES string of the molecule is COCc1nc(C23CC4CC(CC(C4)C2)C3)[nH]c(=O)c1Br. The van der Waals surface area contributed by atoms with Crippen LogP contribution in [0.3, 0.4) is 0 Å². The van der Waals surface area contributed by atoms with Gasteiger partial charge in [-0.3, -0.25) is 4.79 Å². The molecule has 21 heavy (non-hydrogen) atoms. The zero-order valence-corrected chi connectivity index (χ0v) is 13.9. The van der Waals surface area contributed by atoms with E-state index in [0.717, 1.165) is 29.3 Å². The molecule has 4 aliphatic carbocycles. The minimum atomic E-state index is -0.0669. The molecule has 5 rings (SSSR count). The van der Waals surface area contributed by atoms with Crippen molar-refractivity contribution >= 4 is 15.9 Å². The standard InChI is InChI=1S/C16H21BrN2O2/c1-21-8-12-13(17)14(20)19-15(18-12)16-5-9-2-10(6-16)4-11(3-9)7-16/h9-11H,2-8H2,1H3,(H,18,19,20). The van der Waals surface area contributed by atoms with E-state index in [9.17, 15) is 4.79 Å². The maximum Gasteiger partial charge on any atom is 0.265 e. The quantitative estimate of drug-likeness (QED) is 0.908. The molecular formula is C16H21BrN2O2. The van der Waals surface area contributed by atoms with E-state index in [0.29, 0.717) is 11.1 Å². The number of hydrogen-bond acceptors (Lipinski definition) is 3. The lowest BCUT2D eigenvalue weighted by molar-refractivity contribution is -0.00977. The maximum atomic E-state index is 12.2. The van der Waals surface area contributed by atoms with Crippen molar-refractivity contribution in [3.05, 3.63) is 26.3 Å². The first-order chi connectivity index (χ1) is 10.1. The Balaban J connectivity index is 1.78. The number of ether oxygens (including phenoxy) is 1. The summed E-state index contributed by atoms with van der Waals surface area (Å²) in [7, 11) is 1.64. The van der Waals surface area contributed by atoms with Gasteiger partial charge in [0.2, 0.25) is 0 Å². The van der Waals surface area contributed by atoms with E-state index in [1.54, 1.807) is 7.11 Å². The molecule has 1 aromatic rings. The van der Waals surface area contributed by atoms with E-state index in [1.165, 1.54) is 38.5 Å².